The number of likely N-dealkylation sites (N-methyl/N-ethyl adjacent to an activating group) is 1. The Kier molecular flexibility index (Phi) is 4.68. The molecular formula is C17H21ClN4O. The molecule has 0 saturated carbocycles. The van der Waals surface area contributed by atoms with Crippen LogP contribution in [0.4, 0.5) is 0 Å². The van der Waals surface area contributed by atoms with Crippen LogP contribution in [0.2, 0.25) is 5.02 Å². The number of rotatable bonds is 4. The summed E-state index contributed by atoms with van der Waals surface area (Å²) >= 11 is 6.04. The van der Waals surface area contributed by atoms with Crippen molar-refractivity contribution in [3.8, 4) is 0 Å². The van der Waals surface area contributed by atoms with E-state index >= 15 is 0 Å². The van der Waals surface area contributed by atoms with Crippen molar-refractivity contribution in [1.82, 2.24) is 20.0 Å². The highest BCUT2D eigenvalue weighted by Gasteiger charge is 2.43. The molecule has 0 bridgehead atoms. The van der Waals surface area contributed by atoms with Gasteiger partial charge in [0.1, 0.15) is 5.54 Å². The van der Waals surface area contributed by atoms with Gasteiger partial charge in [0.05, 0.1) is 0 Å². The van der Waals surface area contributed by atoms with Gasteiger partial charge >= 0.3 is 0 Å². The van der Waals surface area contributed by atoms with Crippen LogP contribution >= 0.6 is 11.6 Å². The van der Waals surface area contributed by atoms with E-state index in [1.165, 1.54) is 0 Å². The minimum atomic E-state index is -0.595. The summed E-state index contributed by atoms with van der Waals surface area (Å²) in [4.78, 5) is 15.0. The zero-order chi connectivity index (χ0) is 16.3. The number of halogens is 1. The van der Waals surface area contributed by atoms with Gasteiger partial charge in [-0.05, 0) is 49.7 Å². The Morgan fingerprint density at radius 3 is 2.83 bits per heavy atom. The third-order valence-electron chi connectivity index (χ3n) is 4.43. The highest BCUT2D eigenvalue weighted by atomic mass is 35.5. The van der Waals surface area contributed by atoms with Crippen LogP contribution in [0.5, 0.6) is 0 Å². The fourth-order valence-corrected chi connectivity index (χ4v) is 3.45. The molecule has 23 heavy (non-hydrogen) atoms. The van der Waals surface area contributed by atoms with E-state index in [4.69, 9.17) is 11.6 Å². The molecule has 6 heteroatoms. The number of benzene rings is 1. The van der Waals surface area contributed by atoms with Crippen molar-refractivity contribution >= 4 is 17.5 Å². The molecule has 1 aromatic carbocycles. The van der Waals surface area contributed by atoms with E-state index in [1.807, 2.05) is 48.3 Å². The fraction of sp³-hybridized carbons (Fsp3) is 0.412. The van der Waals surface area contributed by atoms with Crippen LogP contribution in [0.15, 0.2) is 42.7 Å². The van der Waals surface area contributed by atoms with E-state index < -0.39 is 5.54 Å². The number of piperidine rings is 1. The first kappa shape index (κ1) is 16.0. The molecule has 2 heterocycles. The van der Waals surface area contributed by atoms with Crippen LogP contribution in [-0.2, 0) is 16.9 Å². The Bertz CT molecular complexity index is 665. The lowest BCUT2D eigenvalue weighted by molar-refractivity contribution is -0.142. The van der Waals surface area contributed by atoms with Crippen molar-refractivity contribution in [1.29, 1.82) is 0 Å². The van der Waals surface area contributed by atoms with Gasteiger partial charge in [0.15, 0.2) is 0 Å². The molecule has 1 aliphatic rings. The van der Waals surface area contributed by atoms with Crippen molar-refractivity contribution in [3.63, 3.8) is 0 Å². The quantitative estimate of drug-likeness (QED) is 0.934. The third kappa shape index (κ3) is 3.26. The summed E-state index contributed by atoms with van der Waals surface area (Å²) in [7, 11) is 1.84. The van der Waals surface area contributed by atoms with E-state index in [9.17, 15) is 4.79 Å². The number of hydrogen-bond acceptors (Lipinski definition) is 3. The van der Waals surface area contributed by atoms with Gasteiger partial charge in [0.2, 0.25) is 0 Å². The van der Waals surface area contributed by atoms with Crippen LogP contribution < -0.4 is 5.32 Å². The van der Waals surface area contributed by atoms with Gasteiger partial charge in [-0.2, -0.15) is 5.10 Å². The summed E-state index contributed by atoms with van der Waals surface area (Å²) in [5.74, 6) is 0.0997. The van der Waals surface area contributed by atoms with Crippen molar-refractivity contribution in [3.05, 3.63) is 53.3 Å². The second kappa shape index (κ2) is 6.72. The molecule has 0 atom stereocenters. The Balaban J connectivity index is 1.83. The van der Waals surface area contributed by atoms with Crippen molar-refractivity contribution in [2.45, 2.75) is 24.9 Å². The molecule has 122 valence electrons. The minimum absolute atomic E-state index is 0.0997. The topological polar surface area (TPSA) is 50.2 Å². The molecule has 0 aliphatic carbocycles. The van der Waals surface area contributed by atoms with Crippen molar-refractivity contribution < 1.29 is 4.79 Å². The van der Waals surface area contributed by atoms with Crippen molar-refractivity contribution in [2.24, 2.45) is 0 Å². The van der Waals surface area contributed by atoms with Gasteiger partial charge < -0.3 is 10.2 Å². The largest absolute Gasteiger partial charge is 0.339 e. The average molecular weight is 333 g/mol. The Hall–Kier alpha value is -1.85. The monoisotopic (exact) mass is 332 g/mol. The number of hydrogen-bond donors (Lipinski definition) is 1. The van der Waals surface area contributed by atoms with Crippen LogP contribution in [0.1, 0.15) is 18.4 Å². The third-order valence-corrected chi connectivity index (χ3v) is 4.66. The number of amides is 1. The molecule has 0 radical (unpaired) electrons. The summed E-state index contributed by atoms with van der Waals surface area (Å²) in [6.07, 6.45) is 5.10. The molecule has 1 fully saturated rings. The lowest BCUT2D eigenvalue weighted by atomic mass is 9.86. The molecule has 2 aromatic rings. The molecule has 5 nitrogen and oxygen atoms in total. The van der Waals surface area contributed by atoms with E-state index in [-0.39, 0.29) is 5.91 Å². The number of nitrogens with one attached hydrogen (secondary N) is 1. The average Bonchev–Trinajstić information content (AvgIpc) is 3.10. The zero-order valence-electron chi connectivity index (χ0n) is 13.2. The smallest absolute Gasteiger partial charge is 0.250 e. The summed E-state index contributed by atoms with van der Waals surface area (Å²) in [6, 6.07) is 9.50. The SMILES string of the molecule is CN(Cc1cccc(Cl)c1)C(=O)C1(n2cccn2)CCNCC1. The standard InChI is InChI=1S/C17H21ClN4O/c1-21(13-14-4-2-5-15(18)12-14)16(23)17(6-9-19-10-7-17)22-11-3-8-20-22/h2-5,8,11-12,19H,6-7,9-10,13H2,1H3. The predicted molar refractivity (Wildman–Crippen MR) is 90.2 cm³/mol. The second-order valence-electron chi connectivity index (χ2n) is 6.02. The highest BCUT2D eigenvalue weighted by molar-refractivity contribution is 6.30. The molecule has 1 N–H and O–H groups in total. The lowest BCUT2D eigenvalue weighted by Crippen LogP contribution is -2.54. The summed E-state index contributed by atoms with van der Waals surface area (Å²) < 4.78 is 1.82. The van der Waals surface area contributed by atoms with Gasteiger partial charge in [-0.1, -0.05) is 23.7 Å². The normalized spacial score (nSPS) is 17.0. The van der Waals surface area contributed by atoms with E-state index in [0.29, 0.717) is 11.6 Å². The highest BCUT2D eigenvalue weighted by Crippen LogP contribution is 2.29. The van der Waals surface area contributed by atoms with Crippen LogP contribution in [0, 0.1) is 0 Å². The maximum atomic E-state index is 13.2. The second-order valence-corrected chi connectivity index (χ2v) is 6.46. The first-order valence-electron chi connectivity index (χ1n) is 7.83. The lowest BCUT2D eigenvalue weighted by Gasteiger charge is -2.39. The number of carbonyl (C=O) groups is 1. The molecular weight excluding hydrogens is 312 g/mol. The maximum Gasteiger partial charge on any atom is 0.250 e. The first-order chi connectivity index (χ1) is 11.1. The van der Waals surface area contributed by atoms with E-state index in [1.54, 1.807) is 11.1 Å². The fourth-order valence-electron chi connectivity index (χ4n) is 3.24. The molecule has 3 rings (SSSR count). The van der Waals surface area contributed by atoms with Gasteiger partial charge in [-0.25, -0.2) is 0 Å². The van der Waals surface area contributed by atoms with Gasteiger partial charge in [-0.15, -0.1) is 0 Å². The van der Waals surface area contributed by atoms with Gasteiger partial charge in [0, 0.05) is 31.0 Å². The predicted octanol–water partition coefficient (Wildman–Crippen LogP) is 2.27. The number of nitrogens with zero attached hydrogens (tertiary/aromatic N) is 3. The summed E-state index contributed by atoms with van der Waals surface area (Å²) in [6.45, 7) is 2.17. The van der Waals surface area contributed by atoms with Gasteiger partial charge in [-0.3, -0.25) is 9.48 Å². The van der Waals surface area contributed by atoms with Crippen molar-refractivity contribution in [2.75, 3.05) is 20.1 Å². The van der Waals surface area contributed by atoms with E-state index in [0.717, 1.165) is 31.5 Å². The Morgan fingerprint density at radius 1 is 1.39 bits per heavy atom. The minimum Gasteiger partial charge on any atom is -0.339 e. The number of carbonyl (C=O) groups excluding carboxylic acids is 1. The Labute approximate surface area is 141 Å². The molecule has 1 amide bonds. The molecule has 1 saturated heterocycles. The molecule has 1 aliphatic heterocycles. The summed E-state index contributed by atoms with van der Waals surface area (Å²) in [5, 5.41) is 8.37. The molecule has 0 unspecified atom stereocenters. The van der Waals surface area contributed by atoms with E-state index in [2.05, 4.69) is 10.4 Å². The van der Waals surface area contributed by atoms with Crippen LogP contribution in [0.3, 0.4) is 0 Å². The van der Waals surface area contributed by atoms with Gasteiger partial charge in [0.25, 0.3) is 5.91 Å². The first-order valence-corrected chi connectivity index (χ1v) is 8.20. The molecule has 1 aromatic heterocycles. The van der Waals surface area contributed by atoms with Crippen LogP contribution in [0.25, 0.3) is 0 Å². The zero-order valence-corrected chi connectivity index (χ0v) is 14.0. The maximum absolute atomic E-state index is 13.2. The Morgan fingerprint density at radius 2 is 2.17 bits per heavy atom. The van der Waals surface area contributed by atoms with Crippen LogP contribution in [-0.4, -0.2) is 40.7 Å². The summed E-state index contributed by atoms with van der Waals surface area (Å²) in [5.41, 5.74) is 0.431. The number of aromatic nitrogens is 2. The molecule has 0 spiro atoms.